The number of rotatable bonds is 8. The average Bonchev–Trinajstić information content (AvgIpc) is 2.54. The van der Waals surface area contributed by atoms with Crippen LogP contribution in [0.4, 0.5) is 5.69 Å². The summed E-state index contributed by atoms with van der Waals surface area (Å²) in [4.78, 5) is 2.55. The highest BCUT2D eigenvalue weighted by atomic mass is 15.1. The number of hydrogen-bond donors (Lipinski definition) is 1. The minimum absolute atomic E-state index is 0.602. The molecule has 0 aliphatic rings. The van der Waals surface area contributed by atoms with Crippen LogP contribution in [0.15, 0.2) is 36.4 Å². The van der Waals surface area contributed by atoms with E-state index in [9.17, 15) is 0 Å². The summed E-state index contributed by atoms with van der Waals surface area (Å²) >= 11 is 0. The van der Waals surface area contributed by atoms with Gasteiger partial charge in [-0.15, -0.1) is 0 Å². The van der Waals surface area contributed by atoms with E-state index in [0.717, 1.165) is 13.1 Å². The topological polar surface area (TPSA) is 29.3 Å². The lowest BCUT2D eigenvalue weighted by Crippen LogP contribution is -2.25. The van der Waals surface area contributed by atoms with Crippen LogP contribution in [-0.2, 0) is 6.54 Å². The quantitative estimate of drug-likeness (QED) is 0.761. The second kappa shape index (κ2) is 8.04. The molecule has 2 aromatic rings. The highest BCUT2D eigenvalue weighted by molar-refractivity contribution is 5.96. The maximum atomic E-state index is 5.89. The van der Waals surface area contributed by atoms with Crippen LogP contribution in [0.3, 0.4) is 0 Å². The predicted octanol–water partition coefficient (Wildman–Crippen LogP) is 4.71. The summed E-state index contributed by atoms with van der Waals surface area (Å²) in [5, 5.41) is 2.64. The normalized spacial score (nSPS) is 11.0. The van der Waals surface area contributed by atoms with E-state index in [1.165, 1.54) is 47.7 Å². The van der Waals surface area contributed by atoms with Gasteiger partial charge in [0.05, 0.1) is 0 Å². The van der Waals surface area contributed by atoms with Crippen LogP contribution in [0.1, 0.15) is 45.1 Å². The Kier molecular flexibility index (Phi) is 6.06. The lowest BCUT2D eigenvalue weighted by Gasteiger charge is -2.26. The van der Waals surface area contributed by atoms with Gasteiger partial charge in [-0.3, -0.25) is 0 Å². The van der Waals surface area contributed by atoms with Crippen molar-refractivity contribution in [2.24, 2.45) is 5.73 Å². The van der Waals surface area contributed by atoms with Crippen molar-refractivity contribution in [3.05, 3.63) is 42.0 Å². The highest BCUT2D eigenvalue weighted by Gasteiger charge is 2.11. The first-order chi connectivity index (χ1) is 10.3. The third-order valence-electron chi connectivity index (χ3n) is 4.12. The Bertz CT molecular complexity index is 554. The van der Waals surface area contributed by atoms with Crippen LogP contribution in [0, 0.1) is 0 Å². The molecule has 21 heavy (non-hydrogen) atoms. The van der Waals surface area contributed by atoms with Gasteiger partial charge < -0.3 is 10.6 Å². The molecule has 0 aromatic heterocycles. The molecule has 2 heteroatoms. The molecule has 2 N–H and O–H groups in total. The van der Waals surface area contributed by atoms with Crippen LogP contribution in [0.2, 0.25) is 0 Å². The molecule has 0 aliphatic heterocycles. The predicted molar refractivity (Wildman–Crippen MR) is 93.9 cm³/mol. The van der Waals surface area contributed by atoms with Crippen molar-refractivity contribution in [2.75, 3.05) is 18.0 Å². The zero-order chi connectivity index (χ0) is 15.1. The van der Waals surface area contributed by atoms with Crippen LogP contribution < -0.4 is 10.6 Å². The summed E-state index contributed by atoms with van der Waals surface area (Å²) in [6, 6.07) is 13.1. The Balaban J connectivity index is 2.41. The number of fused-ring (bicyclic) bond motifs is 1. The largest absolute Gasteiger partial charge is 0.371 e. The number of benzene rings is 2. The Morgan fingerprint density at radius 2 is 1.48 bits per heavy atom. The number of hydrogen-bond acceptors (Lipinski definition) is 2. The lowest BCUT2D eigenvalue weighted by molar-refractivity contribution is 0.679. The molecule has 2 aromatic carbocycles. The molecule has 0 heterocycles. The van der Waals surface area contributed by atoms with Gasteiger partial charge in [0, 0.05) is 30.7 Å². The van der Waals surface area contributed by atoms with Crippen molar-refractivity contribution in [3.8, 4) is 0 Å². The molecule has 0 bridgehead atoms. The van der Waals surface area contributed by atoms with Gasteiger partial charge in [0.2, 0.25) is 0 Å². The van der Waals surface area contributed by atoms with Gasteiger partial charge >= 0.3 is 0 Å². The van der Waals surface area contributed by atoms with Gasteiger partial charge in [-0.25, -0.2) is 0 Å². The van der Waals surface area contributed by atoms with Crippen molar-refractivity contribution in [1.29, 1.82) is 0 Å². The van der Waals surface area contributed by atoms with Crippen molar-refractivity contribution < 1.29 is 0 Å². The van der Waals surface area contributed by atoms with Crippen molar-refractivity contribution >= 4 is 16.5 Å². The highest BCUT2D eigenvalue weighted by Crippen LogP contribution is 2.30. The number of anilines is 1. The van der Waals surface area contributed by atoms with Crippen molar-refractivity contribution in [1.82, 2.24) is 0 Å². The molecule has 2 rings (SSSR count). The first-order valence-electron chi connectivity index (χ1n) is 8.27. The van der Waals surface area contributed by atoms with E-state index in [0.29, 0.717) is 6.54 Å². The van der Waals surface area contributed by atoms with E-state index in [2.05, 4.69) is 55.1 Å². The van der Waals surface area contributed by atoms with E-state index >= 15 is 0 Å². The van der Waals surface area contributed by atoms with Crippen molar-refractivity contribution in [2.45, 2.75) is 46.1 Å². The Hall–Kier alpha value is -1.54. The van der Waals surface area contributed by atoms with Gasteiger partial charge in [0.25, 0.3) is 0 Å². The van der Waals surface area contributed by atoms with E-state index in [1.54, 1.807) is 0 Å². The lowest BCUT2D eigenvalue weighted by atomic mass is 10.0. The minimum atomic E-state index is 0.602. The number of unbranched alkanes of at least 4 members (excludes halogenated alkanes) is 2. The molecule has 0 unspecified atom stereocenters. The Labute approximate surface area is 128 Å². The van der Waals surface area contributed by atoms with E-state index in [4.69, 9.17) is 5.73 Å². The third kappa shape index (κ3) is 3.76. The second-order valence-electron chi connectivity index (χ2n) is 5.69. The maximum Gasteiger partial charge on any atom is 0.0446 e. The van der Waals surface area contributed by atoms with Gasteiger partial charge in [-0.2, -0.15) is 0 Å². The zero-order valence-electron chi connectivity index (χ0n) is 13.4. The van der Waals surface area contributed by atoms with Crippen LogP contribution in [0.25, 0.3) is 10.8 Å². The summed E-state index contributed by atoms with van der Waals surface area (Å²) in [7, 11) is 0. The third-order valence-corrected chi connectivity index (χ3v) is 4.12. The molecule has 0 saturated carbocycles. The fourth-order valence-electron chi connectivity index (χ4n) is 2.85. The summed E-state index contributed by atoms with van der Waals surface area (Å²) in [6.07, 6.45) is 4.97. The standard InChI is InChI=1S/C19H28N2/c1-3-5-13-21(14-6-4-2)19-12-11-16(15-20)17-9-7-8-10-18(17)19/h7-12H,3-6,13-15,20H2,1-2H3. The summed E-state index contributed by atoms with van der Waals surface area (Å²) in [5.41, 5.74) is 8.49. The molecule has 2 nitrogen and oxygen atoms in total. The fourth-order valence-corrected chi connectivity index (χ4v) is 2.85. The smallest absolute Gasteiger partial charge is 0.0446 e. The van der Waals surface area contributed by atoms with Crippen molar-refractivity contribution in [3.63, 3.8) is 0 Å². The van der Waals surface area contributed by atoms with E-state index in [-0.39, 0.29) is 0 Å². The first-order valence-corrected chi connectivity index (χ1v) is 8.27. The first kappa shape index (κ1) is 15.8. The van der Waals surface area contributed by atoms with Crippen LogP contribution in [0.5, 0.6) is 0 Å². The molecule has 0 spiro atoms. The molecule has 0 fully saturated rings. The Morgan fingerprint density at radius 3 is 2.05 bits per heavy atom. The van der Waals surface area contributed by atoms with E-state index < -0.39 is 0 Å². The zero-order valence-corrected chi connectivity index (χ0v) is 13.4. The Morgan fingerprint density at radius 1 is 0.857 bits per heavy atom. The second-order valence-corrected chi connectivity index (χ2v) is 5.69. The van der Waals surface area contributed by atoms with Crippen LogP contribution >= 0.6 is 0 Å². The molecule has 0 aliphatic carbocycles. The molecule has 0 saturated heterocycles. The molecule has 0 atom stereocenters. The average molecular weight is 284 g/mol. The number of nitrogens with two attached hydrogens (primary N) is 1. The summed E-state index contributed by atoms with van der Waals surface area (Å²) in [6.45, 7) is 7.40. The molecule has 0 amide bonds. The summed E-state index contributed by atoms with van der Waals surface area (Å²) in [5.74, 6) is 0. The molecule has 0 radical (unpaired) electrons. The molecular weight excluding hydrogens is 256 g/mol. The SMILES string of the molecule is CCCCN(CCCC)c1ccc(CN)c2ccccc12. The molecular formula is C19H28N2. The van der Waals surface area contributed by atoms with Gasteiger partial charge in [-0.1, -0.05) is 57.0 Å². The summed E-state index contributed by atoms with van der Waals surface area (Å²) < 4.78 is 0. The number of nitrogens with zero attached hydrogens (tertiary/aromatic N) is 1. The van der Waals surface area contributed by atoms with Crippen LogP contribution in [-0.4, -0.2) is 13.1 Å². The monoisotopic (exact) mass is 284 g/mol. The van der Waals surface area contributed by atoms with Gasteiger partial charge in [0.1, 0.15) is 0 Å². The van der Waals surface area contributed by atoms with Gasteiger partial charge in [0.15, 0.2) is 0 Å². The molecule has 114 valence electrons. The minimum Gasteiger partial charge on any atom is -0.371 e. The maximum absolute atomic E-state index is 5.89. The van der Waals surface area contributed by atoms with E-state index in [1.807, 2.05) is 0 Å². The van der Waals surface area contributed by atoms with Gasteiger partial charge in [-0.05, 0) is 29.9 Å². The fraction of sp³-hybridized carbons (Fsp3) is 0.474.